The molecule has 1 heterocycles. The number of carbonyl (C=O) groups is 2. The van der Waals surface area contributed by atoms with Crippen molar-refractivity contribution in [1.29, 1.82) is 0 Å². The Morgan fingerprint density at radius 2 is 2.04 bits per heavy atom. The maximum atomic E-state index is 12.4. The third-order valence-electron chi connectivity index (χ3n) is 3.92. The van der Waals surface area contributed by atoms with Crippen LogP contribution in [0.3, 0.4) is 0 Å². The summed E-state index contributed by atoms with van der Waals surface area (Å²) in [5, 5.41) is 2.89. The Bertz CT molecular complexity index is 896. The van der Waals surface area contributed by atoms with E-state index in [2.05, 4.69) is 15.3 Å². The van der Waals surface area contributed by atoms with E-state index in [-0.39, 0.29) is 5.91 Å². The molecule has 0 radical (unpaired) electrons. The van der Waals surface area contributed by atoms with Gasteiger partial charge in [0.1, 0.15) is 6.29 Å². The normalized spacial score (nSPS) is 10.7. The molecule has 0 atom stereocenters. The van der Waals surface area contributed by atoms with Crippen LogP contribution in [0.1, 0.15) is 37.4 Å². The average Bonchev–Trinajstić information content (AvgIpc) is 3.00. The van der Waals surface area contributed by atoms with Crippen LogP contribution in [0.15, 0.2) is 36.7 Å². The average molecular weight is 307 g/mol. The highest BCUT2D eigenvalue weighted by molar-refractivity contribution is 5.97. The number of aldehydes is 1. The molecular weight excluding hydrogens is 290 g/mol. The zero-order chi connectivity index (χ0) is 16.4. The number of aromatic nitrogens is 2. The van der Waals surface area contributed by atoms with Gasteiger partial charge in [-0.05, 0) is 48.7 Å². The van der Waals surface area contributed by atoms with Crippen molar-refractivity contribution in [2.24, 2.45) is 0 Å². The van der Waals surface area contributed by atoms with Crippen molar-refractivity contribution in [1.82, 2.24) is 15.3 Å². The zero-order valence-electron chi connectivity index (χ0n) is 13.0. The van der Waals surface area contributed by atoms with Crippen LogP contribution in [0.4, 0.5) is 0 Å². The first-order valence-electron chi connectivity index (χ1n) is 7.35. The van der Waals surface area contributed by atoms with Crippen LogP contribution >= 0.6 is 0 Å². The van der Waals surface area contributed by atoms with Gasteiger partial charge in [-0.2, -0.15) is 0 Å². The third-order valence-corrected chi connectivity index (χ3v) is 3.92. The van der Waals surface area contributed by atoms with Gasteiger partial charge < -0.3 is 10.3 Å². The highest BCUT2D eigenvalue weighted by atomic mass is 16.1. The number of amides is 1. The second-order valence-corrected chi connectivity index (χ2v) is 5.58. The molecule has 0 spiro atoms. The SMILES string of the molecule is Cc1cc(C)c(C(=O)NCc2ccc3nc[nH]c3c2)cc1C=O. The number of hydrogen-bond donors (Lipinski definition) is 2. The Hall–Kier alpha value is -2.95. The van der Waals surface area contributed by atoms with Gasteiger partial charge in [0.15, 0.2) is 0 Å². The van der Waals surface area contributed by atoms with E-state index in [1.165, 1.54) is 0 Å². The van der Waals surface area contributed by atoms with Crippen molar-refractivity contribution in [2.45, 2.75) is 20.4 Å². The van der Waals surface area contributed by atoms with E-state index in [4.69, 9.17) is 0 Å². The lowest BCUT2D eigenvalue weighted by Crippen LogP contribution is -2.24. The largest absolute Gasteiger partial charge is 0.348 e. The van der Waals surface area contributed by atoms with E-state index in [1.807, 2.05) is 38.1 Å². The van der Waals surface area contributed by atoms with Gasteiger partial charge in [0.05, 0.1) is 17.4 Å². The number of nitrogens with zero attached hydrogens (tertiary/aromatic N) is 1. The monoisotopic (exact) mass is 307 g/mol. The van der Waals surface area contributed by atoms with Crippen LogP contribution in [-0.2, 0) is 6.54 Å². The van der Waals surface area contributed by atoms with E-state index < -0.39 is 0 Å². The summed E-state index contributed by atoms with van der Waals surface area (Å²) in [7, 11) is 0. The van der Waals surface area contributed by atoms with Crippen molar-refractivity contribution >= 4 is 23.2 Å². The molecule has 23 heavy (non-hydrogen) atoms. The highest BCUT2D eigenvalue weighted by Crippen LogP contribution is 2.16. The molecule has 0 bridgehead atoms. The molecule has 0 aliphatic carbocycles. The van der Waals surface area contributed by atoms with E-state index in [0.717, 1.165) is 34.0 Å². The molecule has 0 unspecified atom stereocenters. The Labute approximate surface area is 133 Å². The Morgan fingerprint density at radius 3 is 2.83 bits per heavy atom. The molecule has 116 valence electrons. The lowest BCUT2D eigenvalue weighted by atomic mass is 10.00. The summed E-state index contributed by atoms with van der Waals surface area (Å²) < 4.78 is 0. The van der Waals surface area contributed by atoms with E-state index in [0.29, 0.717) is 17.7 Å². The summed E-state index contributed by atoms with van der Waals surface area (Å²) in [6.07, 6.45) is 2.42. The summed E-state index contributed by atoms with van der Waals surface area (Å²) >= 11 is 0. The summed E-state index contributed by atoms with van der Waals surface area (Å²) in [6, 6.07) is 9.30. The number of rotatable bonds is 4. The van der Waals surface area contributed by atoms with Gasteiger partial charge in [-0.15, -0.1) is 0 Å². The molecule has 5 heteroatoms. The first-order chi connectivity index (χ1) is 11.1. The molecule has 1 aromatic heterocycles. The minimum Gasteiger partial charge on any atom is -0.348 e. The number of H-pyrrole nitrogens is 1. The Morgan fingerprint density at radius 1 is 1.22 bits per heavy atom. The molecule has 0 aliphatic heterocycles. The molecular formula is C18H17N3O2. The van der Waals surface area contributed by atoms with Gasteiger partial charge in [-0.25, -0.2) is 4.98 Å². The smallest absolute Gasteiger partial charge is 0.251 e. The number of benzene rings is 2. The number of hydrogen-bond acceptors (Lipinski definition) is 3. The molecule has 2 N–H and O–H groups in total. The fourth-order valence-corrected chi connectivity index (χ4v) is 2.61. The minimum atomic E-state index is -0.185. The molecule has 2 aromatic carbocycles. The van der Waals surface area contributed by atoms with Crippen molar-refractivity contribution in [3.63, 3.8) is 0 Å². The van der Waals surface area contributed by atoms with Crippen LogP contribution in [0.25, 0.3) is 11.0 Å². The first-order valence-corrected chi connectivity index (χ1v) is 7.35. The first kappa shape index (κ1) is 15.0. The number of carbonyl (C=O) groups excluding carboxylic acids is 2. The van der Waals surface area contributed by atoms with Crippen molar-refractivity contribution in [2.75, 3.05) is 0 Å². The van der Waals surface area contributed by atoms with Gasteiger partial charge in [0, 0.05) is 17.7 Å². The van der Waals surface area contributed by atoms with Gasteiger partial charge in [-0.3, -0.25) is 9.59 Å². The van der Waals surface area contributed by atoms with Crippen molar-refractivity contribution in [3.8, 4) is 0 Å². The van der Waals surface area contributed by atoms with Crippen LogP contribution in [0.5, 0.6) is 0 Å². The predicted octanol–water partition coefficient (Wildman–Crippen LogP) is 2.92. The topological polar surface area (TPSA) is 74.8 Å². The minimum absolute atomic E-state index is 0.185. The number of nitrogens with one attached hydrogen (secondary N) is 2. The second kappa shape index (κ2) is 6.04. The Kier molecular flexibility index (Phi) is 3.93. The third kappa shape index (κ3) is 2.99. The zero-order valence-corrected chi connectivity index (χ0v) is 13.0. The molecule has 5 nitrogen and oxygen atoms in total. The second-order valence-electron chi connectivity index (χ2n) is 5.58. The molecule has 0 saturated heterocycles. The maximum Gasteiger partial charge on any atom is 0.251 e. The fraction of sp³-hybridized carbons (Fsp3) is 0.167. The van der Waals surface area contributed by atoms with Crippen LogP contribution in [0, 0.1) is 13.8 Å². The molecule has 3 rings (SSSR count). The fourth-order valence-electron chi connectivity index (χ4n) is 2.61. The van der Waals surface area contributed by atoms with Crippen LogP contribution < -0.4 is 5.32 Å². The quantitative estimate of drug-likeness (QED) is 0.728. The van der Waals surface area contributed by atoms with Crippen molar-refractivity contribution in [3.05, 3.63) is 64.5 Å². The Balaban J connectivity index is 1.77. The predicted molar refractivity (Wildman–Crippen MR) is 88.6 cm³/mol. The molecule has 0 fully saturated rings. The maximum absolute atomic E-state index is 12.4. The number of imidazole rings is 1. The standard InChI is InChI=1S/C18H17N3O2/c1-11-5-12(2)15(7-14(11)9-22)18(23)19-8-13-3-4-16-17(6-13)21-10-20-16/h3-7,9-10H,8H2,1-2H3,(H,19,23)(H,20,21). The van der Waals surface area contributed by atoms with E-state index in [1.54, 1.807) is 12.4 Å². The molecule has 1 amide bonds. The van der Waals surface area contributed by atoms with Crippen molar-refractivity contribution < 1.29 is 9.59 Å². The lowest BCUT2D eigenvalue weighted by molar-refractivity contribution is 0.0950. The number of aryl methyl sites for hydroxylation is 2. The summed E-state index contributed by atoms with van der Waals surface area (Å²) in [4.78, 5) is 30.6. The van der Waals surface area contributed by atoms with E-state index >= 15 is 0 Å². The van der Waals surface area contributed by atoms with Gasteiger partial charge in [-0.1, -0.05) is 12.1 Å². The number of fused-ring (bicyclic) bond motifs is 1. The van der Waals surface area contributed by atoms with Gasteiger partial charge in [0.25, 0.3) is 5.91 Å². The van der Waals surface area contributed by atoms with Crippen LogP contribution in [-0.4, -0.2) is 22.2 Å². The molecule has 3 aromatic rings. The summed E-state index contributed by atoms with van der Waals surface area (Å²) in [6.45, 7) is 4.14. The van der Waals surface area contributed by atoms with Gasteiger partial charge >= 0.3 is 0 Å². The summed E-state index contributed by atoms with van der Waals surface area (Å²) in [5.41, 5.74) is 5.61. The highest BCUT2D eigenvalue weighted by Gasteiger charge is 2.11. The number of aromatic amines is 1. The molecule has 0 aliphatic rings. The van der Waals surface area contributed by atoms with Crippen LogP contribution in [0.2, 0.25) is 0 Å². The molecule has 0 saturated carbocycles. The van der Waals surface area contributed by atoms with E-state index in [9.17, 15) is 9.59 Å². The summed E-state index contributed by atoms with van der Waals surface area (Å²) in [5.74, 6) is -0.185. The van der Waals surface area contributed by atoms with Gasteiger partial charge in [0.2, 0.25) is 0 Å². The lowest BCUT2D eigenvalue weighted by Gasteiger charge is -2.10.